The highest BCUT2D eigenvalue weighted by Crippen LogP contribution is 2.42. The van der Waals surface area contributed by atoms with E-state index in [1.54, 1.807) is 0 Å². The van der Waals surface area contributed by atoms with Gasteiger partial charge in [0.1, 0.15) is 24.4 Å². The molecule has 3 fully saturated rings. The number of hydrogen-bond acceptors (Lipinski definition) is 7. The zero-order valence-electron chi connectivity index (χ0n) is 21.0. The van der Waals surface area contributed by atoms with Crippen LogP contribution >= 0.6 is 23.2 Å². The predicted octanol–water partition coefficient (Wildman–Crippen LogP) is 6.07. The summed E-state index contributed by atoms with van der Waals surface area (Å²) in [7, 11) is 0. The van der Waals surface area contributed by atoms with Crippen molar-refractivity contribution in [2.75, 3.05) is 18.5 Å². The van der Waals surface area contributed by atoms with Crippen LogP contribution in [0.4, 0.5) is 15.9 Å². The Hall–Kier alpha value is -3.14. The van der Waals surface area contributed by atoms with Crippen molar-refractivity contribution < 1.29 is 23.4 Å². The van der Waals surface area contributed by atoms with Gasteiger partial charge >= 0.3 is 0 Å². The summed E-state index contributed by atoms with van der Waals surface area (Å²) in [5.74, 6) is 0.767. The highest BCUT2D eigenvalue weighted by atomic mass is 35.5. The Morgan fingerprint density at radius 1 is 1.10 bits per heavy atom. The van der Waals surface area contributed by atoms with Crippen molar-refractivity contribution in [3.05, 3.63) is 59.1 Å². The molecule has 4 atom stereocenters. The number of ether oxygens (including phenoxy) is 3. The lowest BCUT2D eigenvalue weighted by Gasteiger charge is -2.38. The van der Waals surface area contributed by atoms with E-state index in [1.807, 2.05) is 17.0 Å². The zero-order chi connectivity index (χ0) is 27.1. The fourth-order valence-electron chi connectivity index (χ4n) is 5.75. The minimum absolute atomic E-state index is 0.0284. The fraction of sp³-hybridized carbons (Fsp3) is 0.393. The molecule has 1 amide bonds. The van der Waals surface area contributed by atoms with Gasteiger partial charge in [-0.15, -0.1) is 0 Å². The van der Waals surface area contributed by atoms with Crippen LogP contribution in [0, 0.1) is 5.82 Å². The van der Waals surface area contributed by atoms with E-state index in [0.717, 1.165) is 19.3 Å². The van der Waals surface area contributed by atoms with Crippen molar-refractivity contribution in [1.29, 1.82) is 0 Å². The van der Waals surface area contributed by atoms with Crippen LogP contribution < -0.4 is 14.8 Å². The Bertz CT molecular complexity index is 1420. The van der Waals surface area contributed by atoms with Crippen LogP contribution in [-0.2, 0) is 9.53 Å². The molecule has 2 bridgehead atoms. The molecule has 1 unspecified atom stereocenters. The lowest BCUT2D eigenvalue weighted by atomic mass is 9.99. The summed E-state index contributed by atoms with van der Waals surface area (Å²) >= 11 is 12.0. The number of amides is 1. The highest BCUT2D eigenvalue weighted by Gasteiger charge is 2.43. The summed E-state index contributed by atoms with van der Waals surface area (Å²) in [6.07, 6.45) is 6.67. The number of carbonyl (C=O) groups is 1. The average Bonchev–Trinajstić information content (AvgIpc) is 3.54. The van der Waals surface area contributed by atoms with Crippen molar-refractivity contribution >= 4 is 51.5 Å². The molecule has 39 heavy (non-hydrogen) atoms. The van der Waals surface area contributed by atoms with Crippen molar-refractivity contribution in [3.8, 4) is 11.5 Å². The topological polar surface area (TPSA) is 85.8 Å². The number of halogens is 3. The molecule has 1 aromatic heterocycles. The monoisotopic (exact) mass is 572 g/mol. The Morgan fingerprint density at radius 3 is 2.56 bits per heavy atom. The normalized spacial score (nSPS) is 24.1. The van der Waals surface area contributed by atoms with Crippen LogP contribution in [0.3, 0.4) is 0 Å². The third-order valence-electron chi connectivity index (χ3n) is 7.58. The summed E-state index contributed by atoms with van der Waals surface area (Å²) in [5, 5.41) is 3.59. The van der Waals surface area contributed by atoms with E-state index in [-0.39, 0.29) is 45.9 Å². The first-order chi connectivity index (χ1) is 18.9. The molecule has 0 saturated carbocycles. The number of piperidine rings is 1. The van der Waals surface area contributed by atoms with E-state index in [1.165, 1.54) is 24.5 Å². The number of hydrogen-bond donors (Lipinski definition) is 1. The van der Waals surface area contributed by atoms with E-state index < -0.39 is 5.82 Å². The molecule has 204 valence electrons. The molecule has 4 heterocycles. The molecule has 3 aromatic rings. The summed E-state index contributed by atoms with van der Waals surface area (Å²) < 4.78 is 33.2. The Kier molecular flexibility index (Phi) is 7.22. The van der Waals surface area contributed by atoms with Crippen molar-refractivity contribution in [2.24, 2.45) is 0 Å². The Morgan fingerprint density at radius 2 is 1.85 bits per heavy atom. The SMILES string of the molecule is C=CC(=O)N1[C@@H]2CC[C@H]1CC(Oc1cc3c(Nc4ccc(Cl)c(Cl)c4F)ncnc3cc1O[C@H]1CCOC1)C2. The minimum Gasteiger partial charge on any atom is -0.486 e. The van der Waals surface area contributed by atoms with Gasteiger partial charge in [-0.05, 0) is 37.1 Å². The number of rotatable bonds is 7. The second-order valence-electron chi connectivity index (χ2n) is 10.0. The van der Waals surface area contributed by atoms with Gasteiger partial charge in [-0.2, -0.15) is 0 Å². The summed E-state index contributed by atoms with van der Waals surface area (Å²) in [6, 6.07) is 6.88. The van der Waals surface area contributed by atoms with E-state index in [9.17, 15) is 9.18 Å². The molecule has 6 rings (SSSR count). The van der Waals surface area contributed by atoms with Crippen molar-refractivity contribution in [1.82, 2.24) is 14.9 Å². The molecule has 3 aliphatic rings. The van der Waals surface area contributed by atoms with Gasteiger partial charge in [-0.3, -0.25) is 4.79 Å². The number of nitrogens with one attached hydrogen (secondary N) is 1. The average molecular weight is 573 g/mol. The highest BCUT2D eigenvalue weighted by molar-refractivity contribution is 6.42. The standard InChI is InChI=1S/C28H27Cl2FN4O4/c1-2-25(36)35-15-3-4-16(35)10-18(9-15)39-23-11-19-22(12-24(23)38-17-7-8-37-13-17)32-14-33-28(19)34-21-6-5-20(29)26(30)27(21)31/h2,5-6,11-12,14-18H,1,3-4,7-10,13H2,(H,32,33,34)/t15-,16+,17-,18?/m0/s1. The van der Waals surface area contributed by atoms with Gasteiger partial charge in [0, 0.05) is 42.8 Å². The molecule has 8 nitrogen and oxygen atoms in total. The van der Waals surface area contributed by atoms with E-state index in [0.29, 0.717) is 54.3 Å². The Labute approximate surface area is 235 Å². The van der Waals surface area contributed by atoms with Gasteiger partial charge in [0.25, 0.3) is 0 Å². The minimum atomic E-state index is -0.676. The zero-order valence-corrected chi connectivity index (χ0v) is 22.6. The maximum Gasteiger partial charge on any atom is 0.246 e. The summed E-state index contributed by atoms with van der Waals surface area (Å²) in [5.41, 5.74) is 0.729. The van der Waals surface area contributed by atoms with Crippen LogP contribution in [0.5, 0.6) is 11.5 Å². The summed E-state index contributed by atoms with van der Waals surface area (Å²) in [6.45, 7) is 4.79. The summed E-state index contributed by atoms with van der Waals surface area (Å²) in [4.78, 5) is 23.1. The van der Waals surface area contributed by atoms with Gasteiger partial charge in [0.2, 0.25) is 5.91 Å². The molecule has 2 aromatic carbocycles. The third kappa shape index (κ3) is 5.11. The number of nitrogens with zero attached hydrogens (tertiary/aromatic N) is 3. The van der Waals surface area contributed by atoms with Crippen LogP contribution in [0.2, 0.25) is 10.0 Å². The number of carbonyl (C=O) groups excluding carboxylic acids is 1. The van der Waals surface area contributed by atoms with Crippen molar-refractivity contribution in [3.63, 3.8) is 0 Å². The molecule has 3 aliphatic heterocycles. The van der Waals surface area contributed by atoms with E-state index >= 15 is 0 Å². The molecule has 0 aliphatic carbocycles. The molecule has 3 saturated heterocycles. The van der Waals surface area contributed by atoms with E-state index in [4.69, 9.17) is 37.4 Å². The van der Waals surface area contributed by atoms with Gasteiger partial charge in [-0.25, -0.2) is 14.4 Å². The Balaban J connectivity index is 1.34. The van der Waals surface area contributed by atoms with Crippen LogP contribution in [0.25, 0.3) is 10.9 Å². The molecule has 11 heteroatoms. The smallest absolute Gasteiger partial charge is 0.246 e. The lowest BCUT2D eigenvalue weighted by Crippen LogP contribution is -2.48. The molecule has 0 radical (unpaired) electrons. The van der Waals surface area contributed by atoms with Gasteiger partial charge < -0.3 is 24.4 Å². The first kappa shape index (κ1) is 26.1. The second kappa shape index (κ2) is 10.8. The number of benzene rings is 2. The van der Waals surface area contributed by atoms with Crippen LogP contribution in [-0.4, -0.2) is 58.3 Å². The maximum absolute atomic E-state index is 14.8. The van der Waals surface area contributed by atoms with E-state index in [2.05, 4.69) is 21.9 Å². The number of aromatic nitrogens is 2. The number of fused-ring (bicyclic) bond motifs is 3. The first-order valence-electron chi connectivity index (χ1n) is 13.0. The molecule has 0 spiro atoms. The number of anilines is 2. The van der Waals surface area contributed by atoms with Gasteiger partial charge in [0.15, 0.2) is 17.3 Å². The third-order valence-corrected chi connectivity index (χ3v) is 8.36. The van der Waals surface area contributed by atoms with Gasteiger partial charge in [0.05, 0.1) is 34.5 Å². The van der Waals surface area contributed by atoms with Crippen molar-refractivity contribution in [2.45, 2.75) is 56.4 Å². The molecular formula is C28H27Cl2FN4O4. The lowest BCUT2D eigenvalue weighted by molar-refractivity contribution is -0.131. The first-order valence-corrected chi connectivity index (χ1v) is 13.7. The second-order valence-corrected chi connectivity index (χ2v) is 10.8. The van der Waals surface area contributed by atoms with Crippen LogP contribution in [0.15, 0.2) is 43.2 Å². The van der Waals surface area contributed by atoms with Crippen LogP contribution in [0.1, 0.15) is 32.1 Å². The quantitative estimate of drug-likeness (QED) is 0.271. The predicted molar refractivity (Wildman–Crippen MR) is 147 cm³/mol. The largest absolute Gasteiger partial charge is 0.486 e. The van der Waals surface area contributed by atoms with Gasteiger partial charge in [-0.1, -0.05) is 29.8 Å². The maximum atomic E-state index is 14.8. The fourth-order valence-corrected chi connectivity index (χ4v) is 6.06. The molecular weight excluding hydrogens is 546 g/mol. The molecule has 1 N–H and O–H groups in total.